The van der Waals surface area contributed by atoms with Crippen LogP contribution in [0.1, 0.15) is 11.1 Å². The molecular weight excluding hydrogens is 329 g/mol. The minimum atomic E-state index is -0.327. The van der Waals surface area contributed by atoms with E-state index in [0.29, 0.717) is 21.0 Å². The smallest absolute Gasteiger partial charge is 0.137 e. The van der Waals surface area contributed by atoms with Gasteiger partial charge >= 0.3 is 0 Å². The molecule has 0 saturated carbocycles. The maximum Gasteiger partial charge on any atom is 0.137 e. The second kappa shape index (κ2) is 5.67. The number of nitrogens with two attached hydrogens (primary N) is 1. The Balaban J connectivity index is 2.26. The van der Waals surface area contributed by atoms with E-state index in [2.05, 4.69) is 15.9 Å². The van der Waals surface area contributed by atoms with E-state index in [9.17, 15) is 4.39 Å². The molecule has 0 aliphatic heterocycles. The molecule has 0 spiro atoms. The molecule has 0 radical (unpaired) electrons. The molecule has 0 bridgehead atoms. The van der Waals surface area contributed by atoms with Gasteiger partial charge in [-0.05, 0) is 64.8 Å². The summed E-state index contributed by atoms with van der Waals surface area (Å²) < 4.78 is 19.1. The molecule has 0 heterocycles. The van der Waals surface area contributed by atoms with Crippen LogP contribution in [0, 0.1) is 12.7 Å². The van der Waals surface area contributed by atoms with Crippen LogP contribution in [-0.2, 0) is 0 Å². The van der Waals surface area contributed by atoms with Crippen molar-refractivity contribution in [2.75, 3.05) is 0 Å². The van der Waals surface area contributed by atoms with E-state index < -0.39 is 0 Å². The molecule has 0 aliphatic rings. The summed E-state index contributed by atoms with van der Waals surface area (Å²) in [7, 11) is 0. The molecule has 2 N–H and O–H groups in total. The molecule has 0 atom stereocenters. The van der Waals surface area contributed by atoms with Crippen molar-refractivity contribution >= 4 is 33.1 Å². The summed E-state index contributed by atoms with van der Waals surface area (Å²) in [5, 5.41) is 0. The van der Waals surface area contributed by atoms with Gasteiger partial charge in [0, 0.05) is 5.56 Å². The van der Waals surface area contributed by atoms with Crippen LogP contribution in [0.4, 0.5) is 4.39 Å². The number of aryl methyl sites for hydroxylation is 1. The average molecular weight is 340 g/mol. The Bertz CT molecular complexity index is 645. The molecule has 19 heavy (non-hydrogen) atoms. The van der Waals surface area contributed by atoms with Crippen LogP contribution in [0.3, 0.4) is 0 Å². The van der Waals surface area contributed by atoms with E-state index in [1.54, 1.807) is 18.2 Å². The van der Waals surface area contributed by atoms with E-state index in [0.717, 1.165) is 11.1 Å². The predicted octanol–water partition coefficient (Wildman–Crippen LogP) is 4.32. The largest absolute Gasteiger partial charge is 0.457 e. The molecule has 2 aromatic carbocycles. The van der Waals surface area contributed by atoms with E-state index in [-0.39, 0.29) is 5.82 Å². The zero-order valence-corrected chi connectivity index (χ0v) is 12.5. The first kappa shape index (κ1) is 14.0. The van der Waals surface area contributed by atoms with E-state index in [1.807, 2.05) is 19.1 Å². The fourth-order valence-electron chi connectivity index (χ4n) is 1.65. The molecule has 0 saturated heterocycles. The van der Waals surface area contributed by atoms with Crippen LogP contribution in [0.15, 0.2) is 40.9 Å². The maximum atomic E-state index is 13.1. The van der Waals surface area contributed by atoms with Crippen LogP contribution < -0.4 is 10.5 Å². The quantitative estimate of drug-likeness (QED) is 0.845. The maximum absolute atomic E-state index is 13.1. The van der Waals surface area contributed by atoms with Gasteiger partial charge in [-0.2, -0.15) is 0 Å². The summed E-state index contributed by atoms with van der Waals surface area (Å²) in [6, 6.07) is 9.91. The van der Waals surface area contributed by atoms with Gasteiger partial charge in [0.2, 0.25) is 0 Å². The lowest BCUT2D eigenvalue weighted by Crippen LogP contribution is -2.10. The van der Waals surface area contributed by atoms with Gasteiger partial charge in [-0.1, -0.05) is 12.2 Å². The first-order valence-electron chi connectivity index (χ1n) is 5.51. The van der Waals surface area contributed by atoms with Gasteiger partial charge in [-0.25, -0.2) is 4.39 Å². The number of halogens is 2. The zero-order valence-electron chi connectivity index (χ0n) is 10.1. The molecular formula is C14H11BrFNOS. The SMILES string of the molecule is Cc1cc(Oc2ccc(F)c(Br)c2)ccc1C(N)=S. The summed E-state index contributed by atoms with van der Waals surface area (Å²) in [6.07, 6.45) is 0. The van der Waals surface area contributed by atoms with Crippen molar-refractivity contribution in [3.8, 4) is 11.5 Å². The van der Waals surface area contributed by atoms with Gasteiger partial charge in [-0.3, -0.25) is 0 Å². The first-order chi connectivity index (χ1) is 8.97. The number of hydrogen-bond donors (Lipinski definition) is 1. The van der Waals surface area contributed by atoms with Crippen molar-refractivity contribution in [3.63, 3.8) is 0 Å². The van der Waals surface area contributed by atoms with Gasteiger partial charge < -0.3 is 10.5 Å². The highest BCUT2D eigenvalue weighted by Crippen LogP contribution is 2.27. The second-order valence-corrected chi connectivity index (χ2v) is 5.31. The van der Waals surface area contributed by atoms with Gasteiger partial charge in [-0.15, -0.1) is 0 Å². The first-order valence-corrected chi connectivity index (χ1v) is 6.71. The minimum Gasteiger partial charge on any atom is -0.457 e. The van der Waals surface area contributed by atoms with Gasteiger partial charge in [0.1, 0.15) is 22.3 Å². The second-order valence-electron chi connectivity index (χ2n) is 4.02. The van der Waals surface area contributed by atoms with Crippen molar-refractivity contribution in [1.82, 2.24) is 0 Å². The number of hydrogen-bond acceptors (Lipinski definition) is 2. The van der Waals surface area contributed by atoms with Gasteiger partial charge in [0.25, 0.3) is 0 Å². The average Bonchev–Trinajstić information content (AvgIpc) is 2.33. The predicted molar refractivity (Wildman–Crippen MR) is 81.2 cm³/mol. The fraction of sp³-hybridized carbons (Fsp3) is 0.0714. The molecule has 0 unspecified atom stereocenters. The molecule has 0 fully saturated rings. The summed E-state index contributed by atoms with van der Waals surface area (Å²) in [6.45, 7) is 1.90. The summed E-state index contributed by atoms with van der Waals surface area (Å²) in [5.41, 5.74) is 7.35. The molecule has 2 rings (SSSR count). The van der Waals surface area contributed by atoms with Gasteiger partial charge in [0.15, 0.2) is 0 Å². The lowest BCUT2D eigenvalue weighted by Gasteiger charge is -2.09. The lowest BCUT2D eigenvalue weighted by molar-refractivity contribution is 0.479. The third kappa shape index (κ3) is 3.30. The van der Waals surface area contributed by atoms with E-state index >= 15 is 0 Å². The molecule has 0 aromatic heterocycles. The monoisotopic (exact) mass is 339 g/mol. The Morgan fingerprint density at radius 3 is 2.42 bits per heavy atom. The van der Waals surface area contributed by atoms with Gasteiger partial charge in [0.05, 0.1) is 4.47 Å². The molecule has 5 heteroatoms. The Kier molecular flexibility index (Phi) is 4.17. The number of ether oxygens (including phenoxy) is 1. The molecule has 98 valence electrons. The number of thiocarbonyl (C=S) groups is 1. The highest BCUT2D eigenvalue weighted by Gasteiger charge is 2.06. The summed E-state index contributed by atoms with van der Waals surface area (Å²) in [4.78, 5) is 0.355. The number of benzene rings is 2. The number of rotatable bonds is 3. The third-order valence-electron chi connectivity index (χ3n) is 2.59. The van der Waals surface area contributed by atoms with Crippen LogP contribution in [0.5, 0.6) is 11.5 Å². The van der Waals surface area contributed by atoms with Crippen molar-refractivity contribution < 1.29 is 9.13 Å². The highest BCUT2D eigenvalue weighted by atomic mass is 79.9. The Labute approximate surface area is 124 Å². The van der Waals surface area contributed by atoms with Crippen LogP contribution in [0.25, 0.3) is 0 Å². The third-order valence-corrected chi connectivity index (χ3v) is 3.42. The Morgan fingerprint density at radius 1 is 1.21 bits per heavy atom. The van der Waals surface area contributed by atoms with Crippen molar-refractivity contribution in [2.45, 2.75) is 6.92 Å². The van der Waals surface area contributed by atoms with Crippen molar-refractivity contribution in [1.29, 1.82) is 0 Å². The van der Waals surface area contributed by atoms with Crippen molar-refractivity contribution in [3.05, 3.63) is 57.8 Å². The van der Waals surface area contributed by atoms with Crippen LogP contribution in [-0.4, -0.2) is 4.99 Å². The molecule has 2 aromatic rings. The topological polar surface area (TPSA) is 35.2 Å². The summed E-state index contributed by atoms with van der Waals surface area (Å²) in [5.74, 6) is 0.874. The zero-order chi connectivity index (χ0) is 14.0. The summed E-state index contributed by atoms with van der Waals surface area (Å²) >= 11 is 8.06. The van der Waals surface area contributed by atoms with Crippen molar-refractivity contribution in [2.24, 2.45) is 5.73 Å². The minimum absolute atomic E-state index is 0.327. The standard InChI is InChI=1S/C14H11BrFNOS/c1-8-6-9(2-4-11(8)14(17)19)18-10-3-5-13(16)12(15)7-10/h2-7H,1H3,(H2,17,19). The molecule has 0 amide bonds. The van der Waals surface area contributed by atoms with E-state index in [1.165, 1.54) is 6.07 Å². The molecule has 2 nitrogen and oxygen atoms in total. The Hall–Kier alpha value is -1.46. The molecule has 0 aliphatic carbocycles. The lowest BCUT2D eigenvalue weighted by atomic mass is 10.1. The highest BCUT2D eigenvalue weighted by molar-refractivity contribution is 9.10. The van der Waals surface area contributed by atoms with E-state index in [4.69, 9.17) is 22.7 Å². The normalized spacial score (nSPS) is 10.3. The fourth-order valence-corrected chi connectivity index (χ4v) is 2.24. The Morgan fingerprint density at radius 2 is 1.84 bits per heavy atom. The van der Waals surface area contributed by atoms with Crippen LogP contribution in [0.2, 0.25) is 0 Å². The van der Waals surface area contributed by atoms with Crippen LogP contribution >= 0.6 is 28.1 Å².